The number of nitrogens with one attached hydrogen (secondary N) is 1. The molecule has 1 aliphatic heterocycles. The lowest BCUT2D eigenvalue weighted by molar-refractivity contribution is -0.124. The number of carbonyl (C=O) groups is 1. The monoisotopic (exact) mass is 332 g/mol. The number of carbonyl (C=O) groups excluding carboxylic acids is 1. The van der Waals surface area contributed by atoms with Gasteiger partial charge in [-0.05, 0) is 36.5 Å². The lowest BCUT2D eigenvalue weighted by Gasteiger charge is -2.26. The van der Waals surface area contributed by atoms with Gasteiger partial charge in [-0.15, -0.1) is 12.4 Å². The fourth-order valence-electron chi connectivity index (χ4n) is 2.42. The maximum absolute atomic E-state index is 13.5. The molecule has 1 aromatic rings. The van der Waals surface area contributed by atoms with E-state index in [-0.39, 0.29) is 36.5 Å². The van der Waals surface area contributed by atoms with Crippen molar-refractivity contribution >= 4 is 18.3 Å². The second kappa shape index (κ2) is 8.92. The third-order valence-corrected chi connectivity index (χ3v) is 3.76. The molecule has 0 radical (unpaired) electrons. The zero-order chi connectivity index (χ0) is 15.2. The van der Waals surface area contributed by atoms with E-state index in [9.17, 15) is 9.18 Å². The summed E-state index contributed by atoms with van der Waals surface area (Å²) >= 11 is 0. The van der Waals surface area contributed by atoms with Crippen LogP contribution in [-0.4, -0.2) is 32.3 Å². The zero-order valence-electron chi connectivity index (χ0n) is 12.5. The standard InChI is InChI=1S/C15H21FN2O3.ClH/c1-20-13-3-2-10(8-12(13)16)9-18-15(19)14(17)11-4-6-21-7-5-11;/h2-3,8,11,14H,4-7,9,17H2,1H3,(H,18,19);1H. The van der Waals surface area contributed by atoms with Crippen LogP contribution in [0.1, 0.15) is 18.4 Å². The Morgan fingerprint density at radius 3 is 2.77 bits per heavy atom. The van der Waals surface area contributed by atoms with Crippen LogP contribution >= 0.6 is 12.4 Å². The third kappa shape index (κ3) is 4.83. The van der Waals surface area contributed by atoms with E-state index in [1.54, 1.807) is 6.07 Å². The first kappa shape index (κ1) is 18.7. The van der Waals surface area contributed by atoms with Gasteiger partial charge >= 0.3 is 0 Å². The van der Waals surface area contributed by atoms with Gasteiger partial charge in [0.1, 0.15) is 0 Å². The van der Waals surface area contributed by atoms with Crippen molar-refractivity contribution in [3.8, 4) is 5.75 Å². The molecule has 1 fully saturated rings. The first-order chi connectivity index (χ1) is 10.1. The average molecular weight is 333 g/mol. The topological polar surface area (TPSA) is 73.6 Å². The summed E-state index contributed by atoms with van der Waals surface area (Å²) in [6, 6.07) is 4.05. The molecule has 0 saturated carbocycles. The number of hydrogen-bond acceptors (Lipinski definition) is 4. The number of ether oxygens (including phenoxy) is 2. The summed E-state index contributed by atoms with van der Waals surface area (Å²) in [7, 11) is 1.41. The van der Waals surface area contributed by atoms with Crippen LogP contribution in [0.15, 0.2) is 18.2 Å². The van der Waals surface area contributed by atoms with E-state index in [0.717, 1.165) is 12.8 Å². The van der Waals surface area contributed by atoms with Gasteiger partial charge in [-0.1, -0.05) is 6.07 Å². The van der Waals surface area contributed by atoms with Crippen molar-refractivity contribution in [3.63, 3.8) is 0 Å². The highest BCUT2D eigenvalue weighted by Crippen LogP contribution is 2.19. The number of amides is 1. The van der Waals surface area contributed by atoms with Crippen LogP contribution in [0.3, 0.4) is 0 Å². The van der Waals surface area contributed by atoms with Gasteiger partial charge in [-0.3, -0.25) is 4.79 Å². The Balaban J connectivity index is 0.00000242. The molecule has 1 aliphatic rings. The molecule has 7 heteroatoms. The van der Waals surface area contributed by atoms with Gasteiger partial charge in [0, 0.05) is 19.8 Å². The Kier molecular flexibility index (Phi) is 7.58. The fraction of sp³-hybridized carbons (Fsp3) is 0.533. The smallest absolute Gasteiger partial charge is 0.237 e. The minimum absolute atomic E-state index is 0. The molecule has 1 unspecified atom stereocenters. The molecular formula is C15H22ClFN2O3. The first-order valence-corrected chi connectivity index (χ1v) is 7.05. The van der Waals surface area contributed by atoms with Gasteiger partial charge in [0.15, 0.2) is 11.6 Å². The van der Waals surface area contributed by atoms with E-state index in [1.165, 1.54) is 19.2 Å². The van der Waals surface area contributed by atoms with Gasteiger partial charge in [-0.25, -0.2) is 4.39 Å². The quantitative estimate of drug-likeness (QED) is 0.859. The summed E-state index contributed by atoms with van der Waals surface area (Å²) in [6.45, 7) is 1.54. The van der Waals surface area contributed by atoms with Gasteiger partial charge in [0.05, 0.1) is 13.2 Å². The van der Waals surface area contributed by atoms with Crippen molar-refractivity contribution < 1.29 is 18.7 Å². The van der Waals surface area contributed by atoms with Crippen molar-refractivity contribution in [2.75, 3.05) is 20.3 Å². The van der Waals surface area contributed by atoms with E-state index in [2.05, 4.69) is 5.32 Å². The van der Waals surface area contributed by atoms with Gasteiger partial charge in [0.2, 0.25) is 5.91 Å². The lowest BCUT2D eigenvalue weighted by atomic mass is 9.92. The Hall–Kier alpha value is -1.37. The van der Waals surface area contributed by atoms with Gasteiger partial charge < -0.3 is 20.5 Å². The van der Waals surface area contributed by atoms with Crippen molar-refractivity contribution in [2.24, 2.45) is 11.7 Å². The summed E-state index contributed by atoms with van der Waals surface area (Å²) < 4.78 is 23.7. The van der Waals surface area contributed by atoms with Crippen LogP contribution in [0.5, 0.6) is 5.75 Å². The first-order valence-electron chi connectivity index (χ1n) is 7.05. The van der Waals surface area contributed by atoms with Crippen LogP contribution in [-0.2, 0) is 16.1 Å². The largest absolute Gasteiger partial charge is 0.494 e. The predicted octanol–water partition coefficient (Wildman–Crippen LogP) is 1.63. The average Bonchev–Trinajstić information content (AvgIpc) is 2.52. The molecule has 0 aromatic heterocycles. The summed E-state index contributed by atoms with van der Waals surface area (Å²) in [4.78, 5) is 12.0. The summed E-state index contributed by atoms with van der Waals surface area (Å²) in [5.74, 6) is -0.327. The Morgan fingerprint density at radius 2 is 2.18 bits per heavy atom. The van der Waals surface area contributed by atoms with Gasteiger partial charge in [-0.2, -0.15) is 0 Å². The fourth-order valence-corrected chi connectivity index (χ4v) is 2.42. The molecule has 3 N–H and O–H groups in total. The van der Waals surface area contributed by atoms with E-state index >= 15 is 0 Å². The molecule has 22 heavy (non-hydrogen) atoms. The SMILES string of the molecule is COc1ccc(CNC(=O)C(N)C2CCOCC2)cc1F.Cl. The highest BCUT2D eigenvalue weighted by molar-refractivity contribution is 5.85. The molecule has 2 rings (SSSR count). The van der Waals surface area contributed by atoms with Crippen LogP contribution in [0.4, 0.5) is 4.39 Å². The van der Waals surface area contributed by atoms with E-state index in [1.807, 2.05) is 0 Å². The molecule has 1 amide bonds. The zero-order valence-corrected chi connectivity index (χ0v) is 13.3. The molecule has 0 spiro atoms. The molecule has 5 nitrogen and oxygen atoms in total. The highest BCUT2D eigenvalue weighted by Gasteiger charge is 2.26. The maximum atomic E-state index is 13.5. The Morgan fingerprint density at radius 1 is 1.50 bits per heavy atom. The Labute approximate surface area is 135 Å². The summed E-state index contributed by atoms with van der Waals surface area (Å²) in [5.41, 5.74) is 6.64. The second-order valence-corrected chi connectivity index (χ2v) is 5.16. The van der Waals surface area contributed by atoms with Crippen LogP contribution < -0.4 is 15.8 Å². The molecule has 124 valence electrons. The minimum atomic E-state index is -0.544. The van der Waals surface area contributed by atoms with Crippen molar-refractivity contribution in [1.82, 2.24) is 5.32 Å². The third-order valence-electron chi connectivity index (χ3n) is 3.76. The number of rotatable bonds is 5. The normalized spacial score (nSPS) is 16.5. The predicted molar refractivity (Wildman–Crippen MR) is 83.6 cm³/mol. The summed E-state index contributed by atoms with van der Waals surface area (Å²) in [6.07, 6.45) is 1.59. The van der Waals surface area contributed by atoms with Crippen molar-refractivity contribution in [2.45, 2.75) is 25.4 Å². The van der Waals surface area contributed by atoms with Crippen LogP contribution in [0, 0.1) is 11.7 Å². The molecular weight excluding hydrogens is 311 g/mol. The highest BCUT2D eigenvalue weighted by atomic mass is 35.5. The number of benzene rings is 1. The van der Waals surface area contributed by atoms with Crippen molar-refractivity contribution in [1.29, 1.82) is 0 Å². The molecule has 1 atom stereocenters. The summed E-state index contributed by atoms with van der Waals surface area (Å²) in [5, 5.41) is 2.75. The second-order valence-electron chi connectivity index (χ2n) is 5.16. The molecule has 1 aromatic carbocycles. The number of nitrogens with two attached hydrogens (primary N) is 1. The van der Waals surface area contributed by atoms with Crippen LogP contribution in [0.2, 0.25) is 0 Å². The number of methoxy groups -OCH3 is 1. The molecule has 1 saturated heterocycles. The number of halogens is 2. The van der Waals surface area contributed by atoms with E-state index in [4.69, 9.17) is 15.2 Å². The van der Waals surface area contributed by atoms with E-state index in [0.29, 0.717) is 18.8 Å². The van der Waals surface area contributed by atoms with Crippen LogP contribution in [0.25, 0.3) is 0 Å². The molecule has 1 heterocycles. The van der Waals surface area contributed by atoms with Crippen molar-refractivity contribution in [3.05, 3.63) is 29.6 Å². The minimum Gasteiger partial charge on any atom is -0.494 e. The lowest BCUT2D eigenvalue weighted by Crippen LogP contribution is -2.46. The maximum Gasteiger partial charge on any atom is 0.237 e. The van der Waals surface area contributed by atoms with E-state index < -0.39 is 11.9 Å². The number of hydrogen-bond donors (Lipinski definition) is 2. The molecule has 0 aliphatic carbocycles. The Bertz CT molecular complexity index is 496. The van der Waals surface area contributed by atoms with Gasteiger partial charge in [0.25, 0.3) is 0 Å². The molecule has 0 bridgehead atoms.